The lowest BCUT2D eigenvalue weighted by atomic mass is 9.95. The maximum atomic E-state index is 12.4. The number of hydrogen-bond donors (Lipinski definition) is 12. The smallest absolute Gasteiger partial charge is 0.335 e. The van der Waals surface area contributed by atoms with Crippen molar-refractivity contribution in [3.8, 4) is 16.9 Å². The van der Waals surface area contributed by atoms with Crippen LogP contribution in [0.1, 0.15) is 43.0 Å². The number of carbonyl (C=O) groups excluding carboxylic acids is 3. The van der Waals surface area contributed by atoms with Crippen molar-refractivity contribution in [2.24, 2.45) is 0 Å². The molecule has 0 aromatic heterocycles. The Hall–Kier alpha value is -4.44. The zero-order valence-electron chi connectivity index (χ0n) is 42.6. The van der Waals surface area contributed by atoms with E-state index in [2.05, 4.69) is 10.6 Å². The van der Waals surface area contributed by atoms with E-state index in [9.17, 15) is 70.2 Å². The van der Waals surface area contributed by atoms with Gasteiger partial charge in [-0.3, -0.25) is 14.4 Å². The molecule has 0 spiro atoms. The molecule has 2 aromatic rings. The number of carboxylic acids is 1. The van der Waals surface area contributed by atoms with Crippen molar-refractivity contribution in [1.82, 2.24) is 10.6 Å². The number of carbonyl (C=O) groups is 4. The van der Waals surface area contributed by atoms with Crippen LogP contribution in [0.3, 0.4) is 0 Å². The third-order valence-electron chi connectivity index (χ3n) is 12.4. The second-order valence-electron chi connectivity index (χ2n) is 18.2. The van der Waals surface area contributed by atoms with Crippen LogP contribution in [0.4, 0.5) is 0 Å². The zero-order chi connectivity index (χ0) is 55.9. The van der Waals surface area contributed by atoms with Gasteiger partial charge < -0.3 is 114 Å². The van der Waals surface area contributed by atoms with Crippen molar-refractivity contribution in [1.29, 1.82) is 0 Å². The van der Waals surface area contributed by atoms with Gasteiger partial charge in [0.1, 0.15) is 85.5 Å². The third-order valence-corrected chi connectivity index (χ3v) is 12.4. The number of aliphatic hydroxyl groups excluding tert-OH is 9. The van der Waals surface area contributed by atoms with E-state index in [1.165, 1.54) is 6.07 Å². The van der Waals surface area contributed by atoms with Crippen molar-refractivity contribution in [3.05, 3.63) is 54.1 Å². The highest BCUT2D eigenvalue weighted by molar-refractivity contribution is 5.89. The van der Waals surface area contributed by atoms with E-state index in [4.69, 9.17) is 52.1 Å². The summed E-state index contributed by atoms with van der Waals surface area (Å²) in [7, 11) is 0. The molecule has 3 fully saturated rings. The summed E-state index contributed by atoms with van der Waals surface area (Å²) in [4.78, 5) is 48.1. The van der Waals surface area contributed by atoms with E-state index < -0.39 is 124 Å². The van der Waals surface area contributed by atoms with Crippen LogP contribution in [-0.4, -0.2) is 259 Å². The Morgan fingerprint density at radius 3 is 1.78 bits per heavy atom. The molecular formula is C50H74N2O25. The molecule has 27 heteroatoms. The Labute approximate surface area is 443 Å². The highest BCUT2D eigenvalue weighted by Gasteiger charge is 2.54. The standard InChI is InChI=1S/C50H74N2O25/c1-28(56)52-38-41(61)45(76-50-44(64)46(40(60)35(25-54)74-50)77-49-43(63)42(62)39(59)34(24-53)73-49)36(26-55)75-48(38)71-15-4-13-51-37(58)12-16-68-18-20-70-22-21-69-19-17-67-14-3-7-32(57)27-72-33-10-8-29(9-11-33)30-5-2-6-31(23-30)47(65)66/h2,5-6,8-11,23,34-36,38-46,48-50,53-55,59-64H,3-4,7,12-22,24-27H2,1H3,(H,51,58)(H,52,56)(H,65,66)/t34?,35?,36?,38?,39-,40-,41+,42-,43?,44?,45+,46-,48+,49+,50-/m0/s1. The van der Waals surface area contributed by atoms with Gasteiger partial charge in [-0.2, -0.15) is 0 Å². The van der Waals surface area contributed by atoms with Gasteiger partial charge in [0.25, 0.3) is 0 Å². The second-order valence-corrected chi connectivity index (χ2v) is 18.2. The van der Waals surface area contributed by atoms with Gasteiger partial charge in [-0.25, -0.2) is 4.79 Å². The largest absolute Gasteiger partial charge is 0.486 e. The number of amides is 2. The van der Waals surface area contributed by atoms with Gasteiger partial charge in [0.05, 0.1) is 78.2 Å². The summed E-state index contributed by atoms with van der Waals surface area (Å²) in [5.41, 5.74) is 1.78. The first kappa shape index (κ1) is 63.4. The van der Waals surface area contributed by atoms with Crippen molar-refractivity contribution < 1.29 is 122 Å². The minimum absolute atomic E-state index is 0.0461. The van der Waals surface area contributed by atoms with Crippen LogP contribution >= 0.6 is 0 Å². The molecule has 3 aliphatic rings. The second kappa shape index (κ2) is 33.2. The van der Waals surface area contributed by atoms with E-state index >= 15 is 0 Å². The van der Waals surface area contributed by atoms with Gasteiger partial charge in [0, 0.05) is 32.9 Å². The zero-order valence-corrected chi connectivity index (χ0v) is 42.6. The fourth-order valence-corrected chi connectivity index (χ4v) is 8.28. The van der Waals surface area contributed by atoms with Crippen LogP contribution in [0.2, 0.25) is 0 Å². The van der Waals surface area contributed by atoms with E-state index in [1.807, 2.05) is 6.07 Å². The molecule has 27 nitrogen and oxygen atoms in total. The molecule has 3 heterocycles. The summed E-state index contributed by atoms with van der Waals surface area (Å²) in [5.74, 6) is -1.45. The van der Waals surface area contributed by atoms with Crippen molar-refractivity contribution in [2.75, 3.05) is 92.4 Å². The van der Waals surface area contributed by atoms with Gasteiger partial charge in [0.2, 0.25) is 11.8 Å². The molecular weight excluding hydrogens is 1030 g/mol. The van der Waals surface area contributed by atoms with Crippen LogP contribution in [-0.2, 0) is 61.8 Å². The van der Waals surface area contributed by atoms with Gasteiger partial charge in [-0.05, 0) is 48.2 Å². The average molecular weight is 1100 g/mol. The number of benzene rings is 2. The van der Waals surface area contributed by atoms with E-state index in [0.29, 0.717) is 51.6 Å². The Kier molecular flexibility index (Phi) is 27.3. The Morgan fingerprint density at radius 1 is 0.571 bits per heavy atom. The summed E-state index contributed by atoms with van der Waals surface area (Å²) in [6, 6.07) is 12.3. The predicted molar refractivity (Wildman–Crippen MR) is 261 cm³/mol. The molecule has 3 aliphatic heterocycles. The molecule has 15 atom stereocenters. The van der Waals surface area contributed by atoms with Crippen LogP contribution in [0.15, 0.2) is 48.5 Å². The number of aromatic carboxylic acids is 1. The number of aliphatic hydroxyl groups is 9. The van der Waals surface area contributed by atoms with Gasteiger partial charge >= 0.3 is 5.97 Å². The topological polar surface area (TPSA) is 396 Å². The predicted octanol–water partition coefficient (Wildman–Crippen LogP) is -3.65. The maximum absolute atomic E-state index is 12.4. The number of ether oxygens (including phenoxy) is 11. The highest BCUT2D eigenvalue weighted by Crippen LogP contribution is 2.33. The molecule has 2 amide bonds. The summed E-state index contributed by atoms with van der Waals surface area (Å²) < 4.78 is 61.6. The quantitative estimate of drug-likeness (QED) is 0.0301. The minimum atomic E-state index is -1.97. The molecule has 2 aromatic carbocycles. The molecule has 0 aliphatic carbocycles. The molecule has 434 valence electrons. The molecule has 77 heavy (non-hydrogen) atoms. The molecule has 3 saturated heterocycles. The number of hydrogen-bond acceptors (Lipinski definition) is 24. The van der Waals surface area contributed by atoms with Crippen LogP contribution in [0.5, 0.6) is 5.75 Å². The molecule has 12 N–H and O–H groups in total. The van der Waals surface area contributed by atoms with E-state index in [-0.39, 0.29) is 69.7 Å². The van der Waals surface area contributed by atoms with Crippen LogP contribution in [0, 0.1) is 0 Å². The lowest BCUT2D eigenvalue weighted by Gasteiger charge is -2.48. The lowest BCUT2D eigenvalue weighted by molar-refractivity contribution is -0.376. The van der Waals surface area contributed by atoms with Crippen molar-refractivity contribution >= 4 is 23.6 Å². The Balaban J connectivity index is 0.880. The Bertz CT molecular complexity index is 2070. The Morgan fingerprint density at radius 2 is 1.16 bits per heavy atom. The average Bonchev–Trinajstić information content (AvgIpc) is 3.43. The van der Waals surface area contributed by atoms with E-state index in [0.717, 1.165) is 18.1 Å². The summed E-state index contributed by atoms with van der Waals surface area (Å²) in [6.45, 7) is 1.16. The summed E-state index contributed by atoms with van der Waals surface area (Å²) in [6.07, 6.45) is -22.4. The van der Waals surface area contributed by atoms with Gasteiger partial charge in [-0.1, -0.05) is 24.3 Å². The monoisotopic (exact) mass is 1100 g/mol. The fourth-order valence-electron chi connectivity index (χ4n) is 8.28. The van der Waals surface area contributed by atoms with E-state index in [1.54, 1.807) is 36.4 Å². The SMILES string of the molecule is CC(=O)NC1[C@H](OCCCNC(=O)CCOCCOCCOCCOCCCC(=O)COc2ccc(-c3cccc(C(=O)O)c3)cc2)OC(CO)[C@@H](O[C@@H]2OC(CO)[C@H](O)[C@H](O[C@H]3OC(CO)[C@H](O)[C@H](O)C3O)C2O)[C@@H]1O. The van der Waals surface area contributed by atoms with Crippen molar-refractivity contribution in [2.45, 2.75) is 125 Å². The molecule has 0 radical (unpaired) electrons. The minimum Gasteiger partial charge on any atom is -0.486 e. The normalized spacial score (nSPS) is 29.4. The molecule has 5 rings (SSSR count). The van der Waals surface area contributed by atoms with Gasteiger partial charge in [-0.15, -0.1) is 0 Å². The van der Waals surface area contributed by atoms with Crippen LogP contribution in [0.25, 0.3) is 11.1 Å². The molecule has 0 saturated carbocycles. The number of nitrogens with one attached hydrogen (secondary N) is 2. The number of Topliss-reactive ketones (excluding diaryl/α,β-unsaturated/α-hetero) is 1. The summed E-state index contributed by atoms with van der Waals surface area (Å²) >= 11 is 0. The molecule has 6 unspecified atom stereocenters. The first-order valence-electron chi connectivity index (χ1n) is 25.3. The summed E-state index contributed by atoms with van der Waals surface area (Å²) in [5, 5.41) is 109. The number of ketones is 1. The highest BCUT2D eigenvalue weighted by atomic mass is 16.8. The lowest BCUT2D eigenvalue weighted by Crippen LogP contribution is -2.68. The first-order valence-corrected chi connectivity index (χ1v) is 25.3. The van der Waals surface area contributed by atoms with Crippen molar-refractivity contribution in [3.63, 3.8) is 0 Å². The number of rotatable bonds is 34. The maximum Gasteiger partial charge on any atom is 0.335 e. The van der Waals surface area contributed by atoms with Gasteiger partial charge in [0.15, 0.2) is 24.7 Å². The molecule has 0 bridgehead atoms. The fraction of sp³-hybridized carbons (Fsp3) is 0.680. The number of carboxylic acid groups (broad SMARTS) is 1. The third kappa shape index (κ3) is 19.7. The first-order chi connectivity index (χ1) is 37.1. The van der Waals surface area contributed by atoms with Crippen LogP contribution < -0.4 is 15.4 Å².